The number of phenols is 1. The number of anilines is 2. The van der Waals surface area contributed by atoms with Gasteiger partial charge in [0.25, 0.3) is 0 Å². The first-order valence-corrected chi connectivity index (χ1v) is 5.63. The molecule has 0 aliphatic carbocycles. The molecule has 0 radical (unpaired) electrons. The summed E-state index contributed by atoms with van der Waals surface area (Å²) in [6.07, 6.45) is -4.99. The molecule has 1 heterocycles. The van der Waals surface area contributed by atoms with E-state index in [2.05, 4.69) is 14.7 Å². The predicted molar refractivity (Wildman–Crippen MR) is 69.4 cm³/mol. The molecule has 114 valence electrons. The average Bonchev–Trinajstić information content (AvgIpc) is 2.39. The fraction of sp³-hybridized carbons (Fsp3) is 0.0833. The number of rotatable bonds is 2. The van der Waals surface area contributed by atoms with Gasteiger partial charge in [-0.3, -0.25) is 0 Å². The molecule has 0 amide bonds. The van der Waals surface area contributed by atoms with E-state index in [1.54, 1.807) is 6.07 Å². The third-order valence-electron chi connectivity index (χ3n) is 2.53. The molecule has 1 aromatic carbocycles. The van der Waals surface area contributed by atoms with Crippen LogP contribution in [0.3, 0.4) is 0 Å². The molecule has 0 atom stereocenters. The van der Waals surface area contributed by atoms with Gasteiger partial charge in [-0.15, -0.1) is 13.2 Å². The molecule has 0 bridgehead atoms. The summed E-state index contributed by atoms with van der Waals surface area (Å²) in [5, 5.41) is 18.5. The van der Waals surface area contributed by atoms with Crippen LogP contribution in [0, 0.1) is 11.3 Å². The number of benzene rings is 1. The number of nitrogens with zero attached hydrogens (tertiary/aromatic N) is 3. The Morgan fingerprint density at radius 1 is 1.23 bits per heavy atom. The molecule has 2 aromatic rings. The molecular weight excluding hydrogens is 303 g/mol. The smallest absolute Gasteiger partial charge is 0.504 e. The van der Waals surface area contributed by atoms with Crippen LogP contribution < -0.4 is 16.2 Å². The summed E-state index contributed by atoms with van der Waals surface area (Å²) in [7, 11) is 0. The Morgan fingerprint density at radius 3 is 2.50 bits per heavy atom. The Hall–Kier alpha value is -3.22. The third kappa shape index (κ3) is 3.09. The zero-order valence-corrected chi connectivity index (χ0v) is 10.7. The van der Waals surface area contributed by atoms with Crippen LogP contribution in [0.25, 0.3) is 11.3 Å². The molecule has 0 saturated heterocycles. The van der Waals surface area contributed by atoms with Gasteiger partial charge in [-0.1, -0.05) is 0 Å². The van der Waals surface area contributed by atoms with Crippen LogP contribution in [-0.2, 0) is 0 Å². The topological polar surface area (TPSA) is 131 Å². The lowest BCUT2D eigenvalue weighted by atomic mass is 10.1. The summed E-state index contributed by atoms with van der Waals surface area (Å²) in [6.45, 7) is 0. The highest BCUT2D eigenvalue weighted by molar-refractivity contribution is 5.74. The molecule has 1 aromatic heterocycles. The van der Waals surface area contributed by atoms with E-state index in [0.29, 0.717) is 0 Å². The van der Waals surface area contributed by atoms with Crippen molar-refractivity contribution in [1.82, 2.24) is 9.97 Å². The number of nitrogens with two attached hydrogens (primary N) is 2. The van der Waals surface area contributed by atoms with E-state index in [9.17, 15) is 18.3 Å². The number of phenolic OH excluding ortho intramolecular Hbond substituents is 1. The maximum absolute atomic E-state index is 12.3. The lowest BCUT2D eigenvalue weighted by Crippen LogP contribution is -2.17. The standard InChI is InChI=1S/C12H8F3N5O2/c13-12(14,15)22-8-3-5(1-2-7(8)21)9-6(4-16)10(17)20-11(18)19-9/h1-3,21H,(H4,17,18,19,20). The third-order valence-corrected chi connectivity index (χ3v) is 2.53. The van der Waals surface area contributed by atoms with Crippen molar-refractivity contribution in [2.75, 3.05) is 11.5 Å². The number of ether oxygens (including phenoxy) is 1. The van der Waals surface area contributed by atoms with Crippen LogP contribution in [0.1, 0.15) is 5.56 Å². The quantitative estimate of drug-likeness (QED) is 0.770. The van der Waals surface area contributed by atoms with Gasteiger partial charge in [0.05, 0.1) is 5.69 Å². The molecule has 0 saturated carbocycles. The van der Waals surface area contributed by atoms with Crippen LogP contribution in [0.2, 0.25) is 0 Å². The second kappa shape index (κ2) is 5.28. The minimum atomic E-state index is -4.99. The van der Waals surface area contributed by atoms with Crippen LogP contribution in [0.15, 0.2) is 18.2 Å². The molecular formula is C12H8F3N5O2. The van der Waals surface area contributed by atoms with E-state index in [-0.39, 0.29) is 28.6 Å². The Bertz CT molecular complexity index is 771. The van der Waals surface area contributed by atoms with Crippen LogP contribution in [0.5, 0.6) is 11.5 Å². The van der Waals surface area contributed by atoms with Crippen molar-refractivity contribution in [3.8, 4) is 28.8 Å². The molecule has 0 unspecified atom stereocenters. The van der Waals surface area contributed by atoms with Crippen molar-refractivity contribution in [3.05, 3.63) is 23.8 Å². The SMILES string of the molecule is N#Cc1c(N)nc(N)nc1-c1ccc(O)c(OC(F)(F)F)c1. The van der Waals surface area contributed by atoms with Gasteiger partial charge >= 0.3 is 6.36 Å². The minimum absolute atomic E-state index is 0.0504. The second-order valence-electron chi connectivity index (χ2n) is 4.03. The van der Waals surface area contributed by atoms with Gasteiger partial charge in [0, 0.05) is 5.56 Å². The van der Waals surface area contributed by atoms with E-state index in [1.807, 2.05) is 0 Å². The Morgan fingerprint density at radius 2 is 1.91 bits per heavy atom. The van der Waals surface area contributed by atoms with Crippen molar-refractivity contribution in [2.45, 2.75) is 6.36 Å². The molecule has 22 heavy (non-hydrogen) atoms. The lowest BCUT2D eigenvalue weighted by molar-refractivity contribution is -0.275. The molecule has 0 aliphatic rings. The maximum Gasteiger partial charge on any atom is 0.573 e. The number of nitriles is 1. The summed E-state index contributed by atoms with van der Waals surface area (Å²) in [4.78, 5) is 7.38. The van der Waals surface area contributed by atoms with E-state index in [1.165, 1.54) is 6.07 Å². The molecule has 7 nitrogen and oxygen atoms in total. The van der Waals surface area contributed by atoms with E-state index in [4.69, 9.17) is 16.7 Å². The van der Waals surface area contributed by atoms with Gasteiger partial charge in [-0.05, 0) is 18.2 Å². The Kier molecular flexibility index (Phi) is 3.64. The number of aromatic hydroxyl groups is 1. The summed E-state index contributed by atoms with van der Waals surface area (Å²) in [6, 6.07) is 4.81. The van der Waals surface area contributed by atoms with E-state index in [0.717, 1.165) is 12.1 Å². The maximum atomic E-state index is 12.3. The Labute approximate surface area is 121 Å². The highest BCUT2D eigenvalue weighted by Gasteiger charge is 2.32. The summed E-state index contributed by atoms with van der Waals surface area (Å²) in [5.74, 6) is -2.03. The van der Waals surface area contributed by atoms with Gasteiger partial charge in [0.2, 0.25) is 5.95 Å². The number of alkyl halides is 3. The second-order valence-corrected chi connectivity index (χ2v) is 4.03. The van der Waals surface area contributed by atoms with Gasteiger partial charge in [0.1, 0.15) is 17.5 Å². The largest absolute Gasteiger partial charge is 0.573 e. The predicted octanol–water partition coefficient (Wildman–Crippen LogP) is 1.78. The zero-order chi connectivity index (χ0) is 16.5. The van der Waals surface area contributed by atoms with Crippen molar-refractivity contribution < 1.29 is 23.0 Å². The van der Waals surface area contributed by atoms with Gasteiger partial charge in [-0.2, -0.15) is 10.2 Å². The van der Waals surface area contributed by atoms with Gasteiger partial charge < -0.3 is 21.3 Å². The highest BCUT2D eigenvalue weighted by Crippen LogP contribution is 2.36. The molecule has 2 rings (SSSR count). The molecule has 10 heteroatoms. The molecule has 0 fully saturated rings. The number of aromatic nitrogens is 2. The summed E-state index contributed by atoms with van der Waals surface area (Å²) < 4.78 is 40.5. The van der Waals surface area contributed by atoms with Crippen molar-refractivity contribution in [3.63, 3.8) is 0 Å². The number of hydrogen-bond donors (Lipinski definition) is 3. The van der Waals surface area contributed by atoms with Crippen LogP contribution in [0.4, 0.5) is 24.9 Å². The molecule has 0 spiro atoms. The fourth-order valence-electron chi connectivity index (χ4n) is 1.68. The van der Waals surface area contributed by atoms with E-state index >= 15 is 0 Å². The normalized spacial score (nSPS) is 11.0. The van der Waals surface area contributed by atoms with Gasteiger partial charge in [0.15, 0.2) is 11.5 Å². The minimum Gasteiger partial charge on any atom is -0.504 e. The number of halogens is 3. The highest BCUT2D eigenvalue weighted by atomic mass is 19.4. The molecule has 0 aliphatic heterocycles. The average molecular weight is 311 g/mol. The summed E-state index contributed by atoms with van der Waals surface area (Å²) in [5.41, 5.74) is 10.8. The lowest BCUT2D eigenvalue weighted by Gasteiger charge is -2.12. The zero-order valence-electron chi connectivity index (χ0n) is 10.7. The summed E-state index contributed by atoms with van der Waals surface area (Å²) >= 11 is 0. The van der Waals surface area contributed by atoms with Crippen molar-refractivity contribution >= 4 is 11.8 Å². The molecule has 5 N–H and O–H groups in total. The fourth-order valence-corrected chi connectivity index (χ4v) is 1.68. The number of nitrogen functional groups attached to an aromatic ring is 2. The monoisotopic (exact) mass is 311 g/mol. The number of hydrogen-bond acceptors (Lipinski definition) is 7. The van der Waals surface area contributed by atoms with Crippen LogP contribution in [-0.4, -0.2) is 21.4 Å². The first-order chi connectivity index (χ1) is 10.2. The van der Waals surface area contributed by atoms with Crippen molar-refractivity contribution in [2.24, 2.45) is 0 Å². The Balaban J connectivity index is 2.60. The van der Waals surface area contributed by atoms with Crippen molar-refractivity contribution in [1.29, 1.82) is 5.26 Å². The van der Waals surface area contributed by atoms with Gasteiger partial charge in [-0.25, -0.2) is 4.98 Å². The van der Waals surface area contributed by atoms with Crippen LogP contribution >= 0.6 is 0 Å². The first-order valence-electron chi connectivity index (χ1n) is 5.63. The van der Waals surface area contributed by atoms with E-state index < -0.39 is 17.9 Å². The first kappa shape index (κ1) is 15.2.